The number of hydrogen-bond acceptors (Lipinski definition) is 5. The van der Waals surface area contributed by atoms with Crippen molar-refractivity contribution in [3.63, 3.8) is 0 Å². The molecule has 0 aliphatic carbocycles. The molecular weight excluding hydrogens is 396 g/mol. The van der Waals surface area contributed by atoms with Gasteiger partial charge in [-0.1, -0.05) is 24.3 Å². The van der Waals surface area contributed by atoms with Gasteiger partial charge in [-0.05, 0) is 36.8 Å². The third kappa shape index (κ3) is 3.39. The summed E-state index contributed by atoms with van der Waals surface area (Å²) in [6.07, 6.45) is 0.307. The van der Waals surface area contributed by atoms with Crippen molar-refractivity contribution < 1.29 is 14.3 Å². The SMILES string of the molecule is Cc1nn(-c2nc3ccccc3[nH]2)c2c1[C@@H](c1ccc(OCC(N)=O)cc1)CC(=O)N2. The van der Waals surface area contributed by atoms with E-state index in [9.17, 15) is 9.59 Å². The number of imidazole rings is 1. The van der Waals surface area contributed by atoms with E-state index in [1.807, 2.05) is 43.3 Å². The number of anilines is 1. The van der Waals surface area contributed by atoms with Crippen LogP contribution >= 0.6 is 0 Å². The van der Waals surface area contributed by atoms with Crippen molar-refractivity contribution in [1.29, 1.82) is 0 Å². The van der Waals surface area contributed by atoms with Crippen molar-refractivity contribution in [3.05, 3.63) is 65.4 Å². The normalized spacial score (nSPS) is 15.5. The Morgan fingerprint density at radius 2 is 2.00 bits per heavy atom. The largest absolute Gasteiger partial charge is 0.484 e. The van der Waals surface area contributed by atoms with Crippen LogP contribution in [-0.4, -0.2) is 38.2 Å². The van der Waals surface area contributed by atoms with Gasteiger partial charge in [-0.15, -0.1) is 0 Å². The van der Waals surface area contributed by atoms with E-state index in [-0.39, 0.29) is 18.4 Å². The molecule has 0 bridgehead atoms. The lowest BCUT2D eigenvalue weighted by atomic mass is 9.86. The smallest absolute Gasteiger partial charge is 0.255 e. The highest BCUT2D eigenvalue weighted by atomic mass is 16.5. The number of carbonyl (C=O) groups excluding carboxylic acids is 2. The number of aromatic nitrogens is 4. The zero-order valence-corrected chi connectivity index (χ0v) is 16.8. The summed E-state index contributed by atoms with van der Waals surface area (Å²) < 4.78 is 6.98. The van der Waals surface area contributed by atoms with Gasteiger partial charge in [-0.25, -0.2) is 4.98 Å². The molecule has 9 heteroatoms. The minimum absolute atomic E-state index is 0.0937. The first kappa shape index (κ1) is 18.9. The fourth-order valence-corrected chi connectivity index (χ4v) is 3.98. The lowest BCUT2D eigenvalue weighted by Gasteiger charge is -2.24. The van der Waals surface area contributed by atoms with Gasteiger partial charge in [0.2, 0.25) is 11.9 Å². The van der Waals surface area contributed by atoms with Crippen LogP contribution < -0.4 is 15.8 Å². The Morgan fingerprint density at radius 3 is 2.74 bits per heavy atom. The summed E-state index contributed by atoms with van der Waals surface area (Å²) in [5.74, 6) is 0.911. The Bertz CT molecular complexity index is 1270. The summed E-state index contributed by atoms with van der Waals surface area (Å²) in [5, 5.41) is 7.63. The van der Waals surface area contributed by atoms with E-state index in [2.05, 4.69) is 20.4 Å². The summed E-state index contributed by atoms with van der Waals surface area (Å²) in [4.78, 5) is 31.3. The molecule has 1 aliphatic heterocycles. The first-order valence-electron chi connectivity index (χ1n) is 9.85. The Balaban J connectivity index is 1.53. The number of rotatable bonds is 5. The minimum Gasteiger partial charge on any atom is -0.484 e. The van der Waals surface area contributed by atoms with Gasteiger partial charge in [-0.2, -0.15) is 9.78 Å². The number of benzene rings is 2. The van der Waals surface area contributed by atoms with Gasteiger partial charge in [0.05, 0.1) is 16.7 Å². The van der Waals surface area contributed by atoms with Crippen LogP contribution in [0.25, 0.3) is 17.0 Å². The maximum atomic E-state index is 12.6. The van der Waals surface area contributed by atoms with Crippen molar-refractivity contribution in [1.82, 2.24) is 19.7 Å². The molecule has 3 heterocycles. The van der Waals surface area contributed by atoms with Gasteiger partial charge in [0.1, 0.15) is 11.6 Å². The molecule has 2 amide bonds. The Morgan fingerprint density at radius 1 is 1.23 bits per heavy atom. The third-order valence-corrected chi connectivity index (χ3v) is 5.34. The lowest BCUT2D eigenvalue weighted by molar-refractivity contribution is -0.120. The van der Waals surface area contributed by atoms with Gasteiger partial charge in [0.25, 0.3) is 5.91 Å². The number of aryl methyl sites for hydroxylation is 1. The van der Waals surface area contributed by atoms with Crippen LogP contribution in [0.1, 0.15) is 29.2 Å². The average Bonchev–Trinajstić information content (AvgIpc) is 3.33. The number of carbonyl (C=O) groups is 2. The summed E-state index contributed by atoms with van der Waals surface area (Å²) in [7, 11) is 0. The van der Waals surface area contributed by atoms with Crippen LogP contribution in [0.15, 0.2) is 48.5 Å². The minimum atomic E-state index is -0.536. The van der Waals surface area contributed by atoms with Crippen LogP contribution in [0, 0.1) is 6.92 Å². The maximum Gasteiger partial charge on any atom is 0.255 e. The van der Waals surface area contributed by atoms with Crippen LogP contribution in [0.3, 0.4) is 0 Å². The zero-order chi connectivity index (χ0) is 21.5. The highest BCUT2D eigenvalue weighted by Gasteiger charge is 2.33. The quantitative estimate of drug-likeness (QED) is 0.460. The molecular formula is C22H20N6O3. The molecule has 156 valence electrons. The predicted octanol–water partition coefficient (Wildman–Crippen LogP) is 2.40. The number of nitrogens with two attached hydrogens (primary N) is 1. The number of fused-ring (bicyclic) bond motifs is 2. The second-order valence-corrected chi connectivity index (χ2v) is 7.47. The summed E-state index contributed by atoms with van der Waals surface area (Å²) in [5.41, 5.74) is 9.56. The summed E-state index contributed by atoms with van der Waals surface area (Å²) in [6, 6.07) is 15.0. The summed E-state index contributed by atoms with van der Waals surface area (Å²) >= 11 is 0. The Kier molecular flexibility index (Phi) is 4.43. The first-order valence-corrected chi connectivity index (χ1v) is 9.85. The number of nitrogens with one attached hydrogen (secondary N) is 2. The molecule has 9 nitrogen and oxygen atoms in total. The summed E-state index contributed by atoms with van der Waals surface area (Å²) in [6.45, 7) is 1.74. The number of ether oxygens (including phenoxy) is 1. The number of hydrogen-bond donors (Lipinski definition) is 3. The van der Waals surface area contributed by atoms with E-state index < -0.39 is 5.91 Å². The highest BCUT2D eigenvalue weighted by molar-refractivity contribution is 5.95. The Labute approximate surface area is 177 Å². The second kappa shape index (κ2) is 7.28. The van der Waals surface area contributed by atoms with E-state index in [0.717, 1.165) is 27.9 Å². The molecule has 2 aromatic carbocycles. The van der Waals surface area contributed by atoms with Gasteiger partial charge >= 0.3 is 0 Å². The number of H-pyrrole nitrogens is 1. The molecule has 1 aliphatic rings. The van der Waals surface area contributed by atoms with E-state index in [4.69, 9.17) is 10.5 Å². The fourth-order valence-electron chi connectivity index (χ4n) is 3.98. The predicted molar refractivity (Wildman–Crippen MR) is 114 cm³/mol. The topological polar surface area (TPSA) is 128 Å². The molecule has 1 atom stereocenters. The monoisotopic (exact) mass is 416 g/mol. The molecule has 0 spiro atoms. The third-order valence-electron chi connectivity index (χ3n) is 5.34. The van der Waals surface area contributed by atoms with Crippen LogP contribution in [0.4, 0.5) is 5.82 Å². The number of amides is 2. The van der Waals surface area contributed by atoms with Crippen molar-refractivity contribution in [3.8, 4) is 11.7 Å². The zero-order valence-electron chi connectivity index (χ0n) is 16.8. The first-order chi connectivity index (χ1) is 15.0. The molecule has 0 saturated heterocycles. The fraction of sp³-hybridized carbons (Fsp3) is 0.182. The van der Waals surface area contributed by atoms with Gasteiger partial charge in [0, 0.05) is 17.9 Å². The molecule has 0 fully saturated rings. The molecule has 0 unspecified atom stereocenters. The number of primary amides is 1. The van der Waals surface area contributed by atoms with E-state index in [0.29, 0.717) is 23.9 Å². The van der Waals surface area contributed by atoms with E-state index in [1.54, 1.807) is 16.8 Å². The Hall–Kier alpha value is -4.14. The number of para-hydroxylation sites is 2. The second-order valence-electron chi connectivity index (χ2n) is 7.47. The highest BCUT2D eigenvalue weighted by Crippen LogP contribution is 2.40. The molecule has 31 heavy (non-hydrogen) atoms. The van der Waals surface area contributed by atoms with Crippen LogP contribution in [-0.2, 0) is 9.59 Å². The van der Waals surface area contributed by atoms with Crippen LogP contribution in [0.2, 0.25) is 0 Å². The molecule has 5 rings (SSSR count). The standard InChI is InChI=1S/C22H20N6O3/c1-12-20-15(13-6-8-14(9-7-13)31-11-18(23)29)10-19(30)26-21(20)28(27-12)22-24-16-4-2-3-5-17(16)25-22/h2-9,15H,10-11H2,1H3,(H2,23,29)(H,24,25)(H,26,30)/t15-/m1/s1. The number of nitrogens with zero attached hydrogens (tertiary/aromatic N) is 3. The van der Waals surface area contributed by atoms with Crippen LogP contribution in [0.5, 0.6) is 5.75 Å². The molecule has 0 saturated carbocycles. The van der Waals surface area contributed by atoms with Gasteiger partial charge < -0.3 is 20.8 Å². The lowest BCUT2D eigenvalue weighted by Crippen LogP contribution is -2.25. The van der Waals surface area contributed by atoms with E-state index >= 15 is 0 Å². The van der Waals surface area contributed by atoms with Gasteiger partial charge in [-0.3, -0.25) is 9.59 Å². The molecule has 4 N–H and O–H groups in total. The maximum absolute atomic E-state index is 12.6. The molecule has 4 aromatic rings. The van der Waals surface area contributed by atoms with Crippen molar-refractivity contribution in [2.75, 3.05) is 11.9 Å². The average molecular weight is 416 g/mol. The van der Waals surface area contributed by atoms with Crippen molar-refractivity contribution in [2.24, 2.45) is 5.73 Å². The van der Waals surface area contributed by atoms with E-state index in [1.165, 1.54) is 0 Å². The molecule has 0 radical (unpaired) electrons. The number of aromatic amines is 1. The molecule has 2 aromatic heterocycles. The van der Waals surface area contributed by atoms with Crippen molar-refractivity contribution in [2.45, 2.75) is 19.3 Å². The van der Waals surface area contributed by atoms with Gasteiger partial charge in [0.15, 0.2) is 6.61 Å². The van der Waals surface area contributed by atoms with Crippen molar-refractivity contribution >= 4 is 28.7 Å².